The lowest BCUT2D eigenvalue weighted by Crippen LogP contribution is -2.43. The zero-order valence-electron chi connectivity index (χ0n) is 21.6. The van der Waals surface area contributed by atoms with Crippen molar-refractivity contribution in [1.29, 1.82) is 0 Å². The molecule has 2 aromatic carbocycles. The Labute approximate surface area is 215 Å². The van der Waals surface area contributed by atoms with Gasteiger partial charge in [0, 0.05) is 43.4 Å². The van der Waals surface area contributed by atoms with E-state index < -0.39 is 29.4 Å². The van der Waals surface area contributed by atoms with Gasteiger partial charge in [-0.2, -0.15) is 4.98 Å². The summed E-state index contributed by atoms with van der Waals surface area (Å²) < 4.78 is 5.04. The number of hydrogen-bond acceptors (Lipinski definition) is 7. The number of ketones is 2. The molecular weight excluding hydrogens is 472 g/mol. The molecule has 3 aromatic rings. The van der Waals surface area contributed by atoms with E-state index in [1.54, 1.807) is 69.6 Å². The summed E-state index contributed by atoms with van der Waals surface area (Å²) in [5.41, 5.74) is 1.96. The molecule has 37 heavy (non-hydrogen) atoms. The molecule has 1 saturated heterocycles. The number of aromatic nitrogens is 2. The number of carbonyl (C=O) groups excluding carboxylic acids is 4. The van der Waals surface area contributed by atoms with Crippen LogP contribution in [-0.4, -0.2) is 58.6 Å². The molecule has 1 aliphatic heterocycles. The number of benzene rings is 2. The molecule has 9 heteroatoms. The van der Waals surface area contributed by atoms with Gasteiger partial charge in [0.25, 0.3) is 11.8 Å². The molecule has 1 aromatic heterocycles. The summed E-state index contributed by atoms with van der Waals surface area (Å²) in [6.07, 6.45) is 1.39. The smallest absolute Gasteiger partial charge is 0.295 e. The number of anilines is 1. The van der Waals surface area contributed by atoms with E-state index in [0.29, 0.717) is 46.9 Å². The second-order valence-electron chi connectivity index (χ2n) is 9.41. The fourth-order valence-corrected chi connectivity index (χ4v) is 4.91. The van der Waals surface area contributed by atoms with Gasteiger partial charge in [-0.15, -0.1) is 0 Å². The Kier molecular flexibility index (Phi) is 7.33. The maximum atomic E-state index is 13.7. The second kappa shape index (κ2) is 10.5. The zero-order valence-corrected chi connectivity index (χ0v) is 21.6. The number of hydrogen-bond donors (Lipinski definition) is 0. The topological polar surface area (TPSA) is 114 Å². The molecular formula is C28H30N4O5. The molecule has 1 aliphatic rings. The number of amides is 2. The van der Waals surface area contributed by atoms with Gasteiger partial charge in [0.05, 0.1) is 6.04 Å². The lowest BCUT2D eigenvalue weighted by Gasteiger charge is -2.33. The highest BCUT2D eigenvalue weighted by atomic mass is 16.5. The van der Waals surface area contributed by atoms with Crippen LogP contribution in [0.4, 0.5) is 5.69 Å². The molecule has 2 amide bonds. The molecule has 4 rings (SSSR count). The van der Waals surface area contributed by atoms with Crippen molar-refractivity contribution in [1.82, 2.24) is 15.0 Å². The Bertz CT molecular complexity index is 1320. The first-order valence-corrected chi connectivity index (χ1v) is 12.3. The average Bonchev–Trinajstić information content (AvgIpc) is 3.45. The summed E-state index contributed by atoms with van der Waals surface area (Å²) in [6.45, 7) is 5.68. The Balaban J connectivity index is 1.69. The van der Waals surface area contributed by atoms with Crippen molar-refractivity contribution in [2.75, 3.05) is 19.0 Å². The van der Waals surface area contributed by atoms with Crippen LogP contribution < -0.4 is 4.90 Å². The van der Waals surface area contributed by atoms with Gasteiger partial charge in [-0.05, 0) is 42.3 Å². The van der Waals surface area contributed by atoms with Crippen molar-refractivity contribution in [3.63, 3.8) is 0 Å². The molecule has 1 fully saturated rings. The number of carbonyl (C=O) groups is 4. The van der Waals surface area contributed by atoms with Gasteiger partial charge >= 0.3 is 0 Å². The minimum absolute atomic E-state index is 0.0709. The molecule has 9 nitrogen and oxygen atoms in total. The van der Waals surface area contributed by atoms with E-state index in [4.69, 9.17) is 4.52 Å². The van der Waals surface area contributed by atoms with Crippen LogP contribution in [0.15, 0.2) is 53.1 Å². The molecule has 2 unspecified atom stereocenters. The molecule has 0 aliphatic carbocycles. The number of rotatable bonds is 8. The summed E-state index contributed by atoms with van der Waals surface area (Å²) in [5, 5.41) is 3.92. The van der Waals surface area contributed by atoms with Crippen LogP contribution in [0.25, 0.3) is 11.4 Å². The van der Waals surface area contributed by atoms with E-state index in [1.165, 1.54) is 9.80 Å². The standard InChI is InChI=1S/C28H30N4O5/c1-6-17(7-2)23-22(24(33)18-8-10-20(11-9-18)27(35)31(4)5)25(34)28(36)32(23)21-14-12-19(13-15-21)26-29-16(3)37-30-26/h8-15,17,22-23H,6-7H2,1-5H3. The van der Waals surface area contributed by atoms with E-state index in [0.717, 1.165) is 0 Å². The first-order valence-electron chi connectivity index (χ1n) is 12.3. The third kappa shape index (κ3) is 4.81. The predicted octanol–water partition coefficient (Wildman–Crippen LogP) is 3.97. The fourth-order valence-electron chi connectivity index (χ4n) is 4.91. The van der Waals surface area contributed by atoms with Crippen LogP contribution in [0.2, 0.25) is 0 Å². The molecule has 0 spiro atoms. The first-order chi connectivity index (χ1) is 17.7. The van der Waals surface area contributed by atoms with Crippen LogP contribution in [0.1, 0.15) is 53.3 Å². The molecule has 2 heterocycles. The zero-order chi connectivity index (χ0) is 26.9. The molecule has 0 radical (unpaired) electrons. The predicted molar refractivity (Wildman–Crippen MR) is 137 cm³/mol. The quantitative estimate of drug-likeness (QED) is 0.260. The number of Topliss-reactive ketones (excluding diaryl/α,β-unsaturated/α-hetero) is 2. The van der Waals surface area contributed by atoms with E-state index in [2.05, 4.69) is 10.1 Å². The highest BCUT2D eigenvalue weighted by Gasteiger charge is 2.53. The third-order valence-corrected chi connectivity index (χ3v) is 6.92. The summed E-state index contributed by atoms with van der Waals surface area (Å²) in [4.78, 5) is 59.6. The number of aryl methyl sites for hydroxylation is 1. The highest BCUT2D eigenvalue weighted by Crippen LogP contribution is 2.38. The summed E-state index contributed by atoms with van der Waals surface area (Å²) in [5.74, 6) is -2.36. The van der Waals surface area contributed by atoms with Gasteiger partial charge in [-0.1, -0.05) is 44.0 Å². The summed E-state index contributed by atoms with van der Waals surface area (Å²) in [7, 11) is 3.30. The largest absolute Gasteiger partial charge is 0.345 e. The summed E-state index contributed by atoms with van der Waals surface area (Å²) >= 11 is 0. The fraction of sp³-hybridized carbons (Fsp3) is 0.357. The Morgan fingerprint density at radius 1 is 0.973 bits per heavy atom. The lowest BCUT2D eigenvalue weighted by atomic mass is 9.80. The maximum Gasteiger partial charge on any atom is 0.295 e. The van der Waals surface area contributed by atoms with Gasteiger partial charge in [0.1, 0.15) is 5.92 Å². The van der Waals surface area contributed by atoms with Gasteiger partial charge in [0.2, 0.25) is 17.5 Å². The van der Waals surface area contributed by atoms with Crippen LogP contribution >= 0.6 is 0 Å². The van der Waals surface area contributed by atoms with Crippen molar-refractivity contribution >= 4 is 29.1 Å². The van der Waals surface area contributed by atoms with Crippen molar-refractivity contribution in [2.24, 2.45) is 11.8 Å². The monoisotopic (exact) mass is 502 g/mol. The molecule has 0 saturated carbocycles. The van der Waals surface area contributed by atoms with Crippen molar-refractivity contribution in [3.05, 3.63) is 65.5 Å². The third-order valence-electron chi connectivity index (χ3n) is 6.92. The SMILES string of the molecule is CCC(CC)C1C(C(=O)c2ccc(C(=O)N(C)C)cc2)C(=O)C(=O)N1c1ccc(-c2noc(C)n2)cc1. The van der Waals surface area contributed by atoms with Crippen LogP contribution in [0, 0.1) is 18.8 Å². The van der Waals surface area contributed by atoms with Crippen molar-refractivity contribution in [2.45, 2.75) is 39.7 Å². The Morgan fingerprint density at radius 2 is 1.57 bits per heavy atom. The Morgan fingerprint density at radius 3 is 2.08 bits per heavy atom. The van der Waals surface area contributed by atoms with Gasteiger partial charge in [-0.25, -0.2) is 0 Å². The van der Waals surface area contributed by atoms with Crippen molar-refractivity contribution < 1.29 is 23.7 Å². The normalized spacial score (nSPS) is 17.5. The molecule has 192 valence electrons. The van der Waals surface area contributed by atoms with E-state index in [9.17, 15) is 19.2 Å². The summed E-state index contributed by atoms with van der Waals surface area (Å²) in [6, 6.07) is 12.6. The highest BCUT2D eigenvalue weighted by molar-refractivity contribution is 6.49. The van der Waals surface area contributed by atoms with Crippen molar-refractivity contribution in [3.8, 4) is 11.4 Å². The van der Waals surface area contributed by atoms with Crippen LogP contribution in [0.3, 0.4) is 0 Å². The van der Waals surface area contributed by atoms with Crippen LogP contribution in [-0.2, 0) is 9.59 Å². The van der Waals surface area contributed by atoms with Gasteiger partial charge in [0.15, 0.2) is 5.78 Å². The first kappa shape index (κ1) is 25.9. The minimum atomic E-state index is -1.13. The van der Waals surface area contributed by atoms with Crippen LogP contribution in [0.5, 0.6) is 0 Å². The van der Waals surface area contributed by atoms with E-state index in [-0.39, 0.29) is 11.8 Å². The van der Waals surface area contributed by atoms with Gasteiger partial charge < -0.3 is 14.3 Å². The number of nitrogens with zero attached hydrogens (tertiary/aromatic N) is 4. The van der Waals surface area contributed by atoms with Gasteiger partial charge in [-0.3, -0.25) is 19.2 Å². The molecule has 2 atom stereocenters. The minimum Gasteiger partial charge on any atom is -0.345 e. The Hall–Kier alpha value is -4.14. The van der Waals surface area contributed by atoms with E-state index in [1.807, 2.05) is 13.8 Å². The maximum absolute atomic E-state index is 13.7. The molecule has 0 bridgehead atoms. The van der Waals surface area contributed by atoms with E-state index >= 15 is 0 Å². The average molecular weight is 503 g/mol. The second-order valence-corrected chi connectivity index (χ2v) is 9.41. The lowest BCUT2D eigenvalue weighted by molar-refractivity contribution is -0.135. The molecule has 0 N–H and O–H groups in total.